The van der Waals surface area contributed by atoms with Crippen LogP contribution in [0.5, 0.6) is 11.5 Å². The largest absolute Gasteiger partial charge is 0.504 e. The quantitative estimate of drug-likeness (QED) is 0.753. The topological polar surface area (TPSA) is 110 Å². The Bertz CT molecular complexity index is 916. The number of anilines is 2. The summed E-state index contributed by atoms with van der Waals surface area (Å²) in [5, 5.41) is 24.7. The fraction of sp³-hybridized carbons (Fsp3) is 0.389. The van der Waals surface area contributed by atoms with Gasteiger partial charge in [0.15, 0.2) is 17.3 Å². The van der Waals surface area contributed by atoms with Crippen molar-refractivity contribution >= 4 is 17.4 Å². The van der Waals surface area contributed by atoms with Crippen LogP contribution in [0, 0.1) is 5.41 Å². The number of ketones is 1. The van der Waals surface area contributed by atoms with Crippen LogP contribution >= 0.6 is 0 Å². The number of nitrogens with zero attached hydrogens (tertiary/aromatic N) is 2. The molecular weight excluding hydrogens is 336 g/mol. The van der Waals surface area contributed by atoms with Crippen LogP contribution in [0.15, 0.2) is 34.1 Å². The number of benzene rings is 1. The first-order chi connectivity index (χ1) is 12.4. The second-order valence-corrected chi connectivity index (χ2v) is 7.40. The predicted octanol–water partition coefficient (Wildman–Crippen LogP) is 3.01. The average molecular weight is 356 g/mol. The van der Waals surface area contributed by atoms with Gasteiger partial charge in [0.05, 0.1) is 13.2 Å². The van der Waals surface area contributed by atoms with Crippen LogP contribution in [-0.4, -0.2) is 28.3 Å². The molecule has 1 aromatic heterocycles. The van der Waals surface area contributed by atoms with Crippen molar-refractivity contribution in [1.29, 1.82) is 0 Å². The molecule has 1 unspecified atom stereocenters. The van der Waals surface area contributed by atoms with Gasteiger partial charge < -0.3 is 20.5 Å². The Balaban J connectivity index is 1.91. The molecular formula is C18H20N4O4. The van der Waals surface area contributed by atoms with E-state index in [1.165, 1.54) is 7.11 Å². The van der Waals surface area contributed by atoms with Gasteiger partial charge in [-0.05, 0) is 28.2 Å². The van der Waals surface area contributed by atoms with Gasteiger partial charge in [-0.3, -0.25) is 4.79 Å². The van der Waals surface area contributed by atoms with E-state index in [-0.39, 0.29) is 16.9 Å². The van der Waals surface area contributed by atoms with E-state index in [9.17, 15) is 9.90 Å². The highest BCUT2D eigenvalue weighted by molar-refractivity contribution is 6.00. The number of allylic oxidation sites excluding steroid dienone is 1. The zero-order valence-electron chi connectivity index (χ0n) is 14.8. The van der Waals surface area contributed by atoms with Crippen molar-refractivity contribution in [2.75, 3.05) is 17.7 Å². The van der Waals surface area contributed by atoms with Crippen molar-refractivity contribution in [2.24, 2.45) is 5.41 Å². The first kappa shape index (κ1) is 16.4. The minimum atomic E-state index is -0.593. The summed E-state index contributed by atoms with van der Waals surface area (Å²) in [7, 11) is 1.49. The highest BCUT2D eigenvalue weighted by Gasteiger charge is 2.40. The van der Waals surface area contributed by atoms with Gasteiger partial charge in [0.1, 0.15) is 0 Å². The molecule has 2 heterocycles. The number of hydrogen-bond acceptors (Lipinski definition) is 8. The van der Waals surface area contributed by atoms with E-state index < -0.39 is 6.04 Å². The van der Waals surface area contributed by atoms with Crippen molar-refractivity contribution in [3.8, 4) is 11.5 Å². The van der Waals surface area contributed by atoms with Gasteiger partial charge in [-0.15, -0.1) is 0 Å². The van der Waals surface area contributed by atoms with Crippen molar-refractivity contribution in [3.63, 3.8) is 0 Å². The van der Waals surface area contributed by atoms with Crippen LogP contribution in [-0.2, 0) is 4.79 Å². The van der Waals surface area contributed by atoms with Gasteiger partial charge >= 0.3 is 0 Å². The zero-order chi connectivity index (χ0) is 18.5. The van der Waals surface area contributed by atoms with E-state index in [1.54, 1.807) is 18.2 Å². The third-order valence-corrected chi connectivity index (χ3v) is 4.81. The average Bonchev–Trinajstić information content (AvgIpc) is 2.93. The second kappa shape index (κ2) is 5.76. The highest BCUT2D eigenvalue weighted by Crippen LogP contribution is 2.47. The molecule has 0 radical (unpaired) electrons. The summed E-state index contributed by atoms with van der Waals surface area (Å²) >= 11 is 0. The summed E-state index contributed by atoms with van der Waals surface area (Å²) in [6.07, 6.45) is 1.09. The minimum absolute atomic E-state index is 0.0168. The van der Waals surface area contributed by atoms with Crippen LogP contribution < -0.4 is 15.4 Å². The Morgan fingerprint density at radius 3 is 2.81 bits per heavy atom. The molecule has 1 aliphatic heterocycles. The molecule has 0 spiro atoms. The lowest BCUT2D eigenvalue weighted by atomic mass is 9.73. The zero-order valence-corrected chi connectivity index (χ0v) is 14.8. The Morgan fingerprint density at radius 1 is 1.27 bits per heavy atom. The van der Waals surface area contributed by atoms with Crippen molar-refractivity contribution in [3.05, 3.63) is 35.0 Å². The SMILES string of the molecule is COc1cccc(C2Nc3nonc3NC3=C2C(=O)CC(C)(C)C3)c1O. The summed E-state index contributed by atoms with van der Waals surface area (Å²) in [5.41, 5.74) is 1.70. The summed E-state index contributed by atoms with van der Waals surface area (Å²) in [6.45, 7) is 4.10. The number of aromatic nitrogens is 2. The van der Waals surface area contributed by atoms with Crippen molar-refractivity contribution in [1.82, 2.24) is 10.3 Å². The molecule has 1 atom stereocenters. The molecule has 0 fully saturated rings. The maximum absolute atomic E-state index is 13.0. The minimum Gasteiger partial charge on any atom is -0.504 e. The lowest BCUT2D eigenvalue weighted by Crippen LogP contribution is -2.31. The summed E-state index contributed by atoms with van der Waals surface area (Å²) < 4.78 is 10.0. The summed E-state index contributed by atoms with van der Waals surface area (Å²) in [6, 6.07) is 4.60. The lowest BCUT2D eigenvalue weighted by molar-refractivity contribution is -0.118. The molecule has 2 aliphatic rings. The van der Waals surface area contributed by atoms with E-state index in [1.807, 2.05) is 0 Å². The number of ether oxygens (including phenoxy) is 1. The van der Waals surface area contributed by atoms with E-state index >= 15 is 0 Å². The number of Topliss-reactive ketones (excluding diaryl/α,β-unsaturated/α-hetero) is 1. The van der Waals surface area contributed by atoms with Gasteiger partial charge in [0.25, 0.3) is 0 Å². The number of methoxy groups -OCH3 is 1. The number of phenolic OH excluding ortho intramolecular Hbond substituents is 1. The Morgan fingerprint density at radius 2 is 2.04 bits per heavy atom. The summed E-state index contributed by atoms with van der Waals surface area (Å²) in [5.74, 6) is 1.15. The van der Waals surface area contributed by atoms with E-state index in [2.05, 4.69) is 34.8 Å². The Kier molecular flexibility index (Phi) is 3.64. The van der Waals surface area contributed by atoms with E-state index in [0.29, 0.717) is 41.4 Å². The maximum atomic E-state index is 13.0. The molecule has 8 heteroatoms. The number of rotatable bonds is 2. The second-order valence-electron chi connectivity index (χ2n) is 7.40. The molecule has 3 N–H and O–H groups in total. The first-order valence-electron chi connectivity index (χ1n) is 8.38. The monoisotopic (exact) mass is 356 g/mol. The Hall–Kier alpha value is -3.03. The van der Waals surface area contributed by atoms with Crippen LogP contribution in [0.3, 0.4) is 0 Å². The molecule has 1 aliphatic carbocycles. The molecule has 136 valence electrons. The first-order valence-corrected chi connectivity index (χ1v) is 8.38. The van der Waals surface area contributed by atoms with Crippen molar-refractivity contribution < 1.29 is 19.3 Å². The molecule has 0 amide bonds. The highest BCUT2D eigenvalue weighted by atomic mass is 16.6. The van der Waals surface area contributed by atoms with Gasteiger partial charge in [0.2, 0.25) is 11.6 Å². The molecule has 26 heavy (non-hydrogen) atoms. The van der Waals surface area contributed by atoms with Crippen LogP contribution in [0.4, 0.5) is 11.6 Å². The third-order valence-electron chi connectivity index (χ3n) is 4.81. The predicted molar refractivity (Wildman–Crippen MR) is 94.0 cm³/mol. The molecule has 4 rings (SSSR count). The van der Waals surface area contributed by atoms with Gasteiger partial charge in [-0.1, -0.05) is 26.0 Å². The fourth-order valence-electron chi connectivity index (χ4n) is 3.67. The molecule has 2 aromatic rings. The number of hydrogen-bond donors (Lipinski definition) is 3. The third kappa shape index (κ3) is 2.58. The number of nitrogens with one attached hydrogen (secondary N) is 2. The van der Waals surface area contributed by atoms with Gasteiger partial charge in [0, 0.05) is 23.3 Å². The molecule has 8 nitrogen and oxygen atoms in total. The summed E-state index contributed by atoms with van der Waals surface area (Å²) in [4.78, 5) is 13.0. The van der Waals surface area contributed by atoms with Crippen molar-refractivity contribution in [2.45, 2.75) is 32.7 Å². The van der Waals surface area contributed by atoms with Crippen LogP contribution in [0.25, 0.3) is 0 Å². The van der Waals surface area contributed by atoms with E-state index in [0.717, 1.165) is 5.70 Å². The molecule has 1 aromatic carbocycles. The van der Waals surface area contributed by atoms with E-state index in [4.69, 9.17) is 9.37 Å². The number of fused-ring (bicyclic) bond motifs is 1. The number of phenols is 1. The molecule has 0 bridgehead atoms. The number of carbonyl (C=O) groups excluding carboxylic acids is 1. The number of para-hydroxylation sites is 1. The smallest absolute Gasteiger partial charge is 0.219 e. The Labute approximate surface area is 150 Å². The lowest BCUT2D eigenvalue weighted by Gasteiger charge is -2.34. The maximum Gasteiger partial charge on any atom is 0.219 e. The van der Waals surface area contributed by atoms with Crippen LogP contribution in [0.2, 0.25) is 0 Å². The standard InChI is InChI=1S/C18H20N4O4/c1-18(2)7-10-13(11(23)8-18)14(20-17-16(19-10)21-26-22-17)9-5-4-6-12(25-3)15(9)24/h4-6,14,24H,7-8H2,1-3H3,(H,19,21)(H,20,22). The normalized spacial score (nSPS) is 21.2. The molecule has 0 saturated heterocycles. The molecule has 0 saturated carbocycles. The van der Waals surface area contributed by atoms with Gasteiger partial charge in [-0.25, -0.2) is 4.63 Å². The fourth-order valence-corrected chi connectivity index (χ4v) is 3.67. The van der Waals surface area contributed by atoms with Crippen LogP contribution in [0.1, 0.15) is 38.3 Å². The van der Waals surface area contributed by atoms with Gasteiger partial charge in [-0.2, -0.15) is 0 Å². The number of carbonyl (C=O) groups is 1. The number of aromatic hydroxyl groups is 1.